The fourth-order valence-electron chi connectivity index (χ4n) is 2.86. The van der Waals surface area contributed by atoms with Crippen molar-refractivity contribution in [2.75, 3.05) is 7.05 Å². The summed E-state index contributed by atoms with van der Waals surface area (Å²) in [7, 11) is 1.33. The van der Waals surface area contributed by atoms with Crippen LogP contribution in [-0.4, -0.2) is 28.0 Å². The second kappa shape index (κ2) is 9.59. The van der Waals surface area contributed by atoms with E-state index in [-0.39, 0.29) is 41.4 Å². The highest BCUT2D eigenvalue weighted by Gasteiger charge is 2.32. The highest BCUT2D eigenvalue weighted by molar-refractivity contribution is 5.77. The van der Waals surface area contributed by atoms with Gasteiger partial charge in [-0.3, -0.25) is 4.98 Å². The van der Waals surface area contributed by atoms with E-state index >= 15 is 0 Å². The lowest BCUT2D eigenvalue weighted by Gasteiger charge is -2.26. The highest BCUT2D eigenvalue weighted by atomic mass is 19.4. The van der Waals surface area contributed by atoms with Crippen LogP contribution in [0.2, 0.25) is 0 Å². The molecule has 0 spiro atoms. The Bertz CT molecular complexity index is 970. The number of rotatable bonds is 6. The van der Waals surface area contributed by atoms with Crippen molar-refractivity contribution in [1.29, 1.82) is 0 Å². The maximum Gasteiger partial charge on any atom is 0.417 e. The largest absolute Gasteiger partial charge is 0.417 e. The standard InChI is InChI=1S/C19H21F7N6/c1-11-14(6-16(8-29-11)19(24,25)26)10-32(17(27)30-31(2)28)9-13-3-12(7-20)4-15(5-13)18(21,22)23/h3-6,8H,7,9-10,28H2,1-2H3,(H2,27,30). The Kier molecular flexibility index (Phi) is 7.54. The topological polar surface area (TPSA) is 83.8 Å². The number of aryl methyl sites for hydroxylation is 1. The monoisotopic (exact) mass is 466 g/mol. The third kappa shape index (κ3) is 6.70. The van der Waals surface area contributed by atoms with Crippen molar-refractivity contribution >= 4 is 5.96 Å². The van der Waals surface area contributed by atoms with Gasteiger partial charge in [-0.15, -0.1) is 5.10 Å². The van der Waals surface area contributed by atoms with E-state index in [0.29, 0.717) is 12.3 Å². The number of guanidine groups is 1. The Hall–Kier alpha value is -3.09. The molecule has 0 fully saturated rings. The first-order valence-electron chi connectivity index (χ1n) is 9.07. The van der Waals surface area contributed by atoms with Gasteiger partial charge in [-0.2, -0.15) is 26.3 Å². The minimum atomic E-state index is -4.72. The van der Waals surface area contributed by atoms with E-state index in [1.54, 1.807) is 0 Å². The van der Waals surface area contributed by atoms with E-state index in [1.165, 1.54) is 24.9 Å². The van der Waals surface area contributed by atoms with E-state index in [4.69, 9.17) is 11.6 Å². The van der Waals surface area contributed by atoms with Gasteiger partial charge in [0.15, 0.2) is 0 Å². The fraction of sp³-hybridized carbons (Fsp3) is 0.368. The number of alkyl halides is 7. The summed E-state index contributed by atoms with van der Waals surface area (Å²) in [5.41, 5.74) is 4.03. The molecule has 4 N–H and O–H groups in total. The zero-order chi connectivity index (χ0) is 24.3. The fourth-order valence-corrected chi connectivity index (χ4v) is 2.86. The smallest absolute Gasteiger partial charge is 0.368 e. The first-order valence-corrected chi connectivity index (χ1v) is 9.07. The normalized spacial score (nSPS) is 12.8. The average Bonchev–Trinajstić information content (AvgIpc) is 2.66. The Balaban J connectivity index is 2.49. The molecule has 0 aliphatic rings. The molecule has 0 atom stereocenters. The SMILES string of the molecule is Cc1ncc(C(F)(F)F)cc1CN(Cc1cc(CF)cc(C(F)(F)F)c1)/C(N)=N/N(C)N. The van der Waals surface area contributed by atoms with E-state index in [2.05, 4.69) is 10.1 Å². The summed E-state index contributed by atoms with van der Waals surface area (Å²) in [5, 5.41) is 4.61. The van der Waals surface area contributed by atoms with Crippen LogP contribution in [0.1, 0.15) is 33.5 Å². The van der Waals surface area contributed by atoms with Gasteiger partial charge >= 0.3 is 12.4 Å². The Morgan fingerprint density at radius 3 is 2.09 bits per heavy atom. The number of hydrogen-bond acceptors (Lipinski definition) is 4. The predicted octanol–water partition coefficient (Wildman–Crippen LogP) is 3.93. The summed E-state index contributed by atoms with van der Waals surface area (Å²) in [5.74, 6) is 5.16. The van der Waals surface area contributed by atoms with E-state index < -0.39 is 30.2 Å². The van der Waals surface area contributed by atoms with Gasteiger partial charge in [0.05, 0.1) is 11.1 Å². The molecule has 2 rings (SSSR count). The van der Waals surface area contributed by atoms with Crippen molar-refractivity contribution in [1.82, 2.24) is 15.0 Å². The third-order valence-electron chi connectivity index (χ3n) is 4.37. The highest BCUT2D eigenvalue weighted by Crippen LogP contribution is 2.32. The number of halogens is 7. The molecule has 32 heavy (non-hydrogen) atoms. The molecule has 0 radical (unpaired) electrons. The zero-order valence-electron chi connectivity index (χ0n) is 17.1. The molecule has 1 heterocycles. The molecule has 0 amide bonds. The lowest BCUT2D eigenvalue weighted by Crippen LogP contribution is -2.39. The molecule has 1 aromatic heterocycles. The van der Waals surface area contributed by atoms with Gasteiger partial charge in [-0.25, -0.2) is 15.4 Å². The van der Waals surface area contributed by atoms with Crippen LogP contribution in [0.4, 0.5) is 30.7 Å². The number of hydrogen-bond donors (Lipinski definition) is 2. The van der Waals surface area contributed by atoms with Crippen molar-refractivity contribution in [2.24, 2.45) is 16.7 Å². The molecule has 0 saturated carbocycles. The molecule has 0 unspecified atom stereocenters. The van der Waals surface area contributed by atoms with Crippen LogP contribution in [0.3, 0.4) is 0 Å². The number of nitrogens with zero attached hydrogens (tertiary/aromatic N) is 4. The second-order valence-electron chi connectivity index (χ2n) is 7.02. The molecule has 1 aromatic carbocycles. The molecule has 0 aliphatic heterocycles. The number of benzene rings is 1. The summed E-state index contributed by atoms with van der Waals surface area (Å²) >= 11 is 0. The molecule has 0 bridgehead atoms. The molecule has 13 heteroatoms. The Morgan fingerprint density at radius 1 is 0.969 bits per heavy atom. The Morgan fingerprint density at radius 2 is 1.56 bits per heavy atom. The van der Waals surface area contributed by atoms with Gasteiger partial charge in [-0.05, 0) is 41.8 Å². The van der Waals surface area contributed by atoms with Gasteiger partial charge in [0.1, 0.15) is 6.67 Å². The van der Waals surface area contributed by atoms with E-state index in [0.717, 1.165) is 17.3 Å². The van der Waals surface area contributed by atoms with Crippen LogP contribution >= 0.6 is 0 Å². The maximum atomic E-state index is 13.2. The number of hydrazine groups is 1. The number of hydrazone groups is 1. The summed E-state index contributed by atoms with van der Waals surface area (Å²) in [6.07, 6.45) is -8.69. The molecule has 176 valence electrons. The molecule has 6 nitrogen and oxygen atoms in total. The first kappa shape index (κ1) is 25.2. The molecule has 0 aliphatic carbocycles. The molecule has 0 saturated heterocycles. The van der Waals surface area contributed by atoms with Gasteiger partial charge in [0, 0.05) is 32.0 Å². The second-order valence-corrected chi connectivity index (χ2v) is 7.02. The van der Waals surface area contributed by atoms with E-state index in [9.17, 15) is 30.7 Å². The van der Waals surface area contributed by atoms with Crippen molar-refractivity contribution in [3.05, 3.63) is 64.0 Å². The molecular weight excluding hydrogens is 445 g/mol. The minimum absolute atomic E-state index is 0.0305. The van der Waals surface area contributed by atoms with Crippen LogP contribution in [-0.2, 0) is 32.1 Å². The van der Waals surface area contributed by atoms with Crippen molar-refractivity contribution < 1.29 is 30.7 Å². The average molecular weight is 466 g/mol. The summed E-state index contributed by atoms with van der Waals surface area (Å²) in [4.78, 5) is 4.95. The van der Waals surface area contributed by atoms with E-state index in [1.807, 2.05) is 0 Å². The van der Waals surface area contributed by atoms with Gasteiger partial charge in [-0.1, -0.05) is 6.07 Å². The van der Waals surface area contributed by atoms with Gasteiger partial charge < -0.3 is 10.6 Å². The number of pyridine rings is 1. The lowest BCUT2D eigenvalue weighted by atomic mass is 10.0. The quantitative estimate of drug-likeness (QED) is 0.222. The van der Waals surface area contributed by atoms with Gasteiger partial charge in [0.2, 0.25) is 5.96 Å². The van der Waals surface area contributed by atoms with Crippen molar-refractivity contribution in [2.45, 2.75) is 39.0 Å². The summed E-state index contributed by atoms with van der Waals surface area (Å²) in [6, 6.07) is 3.56. The van der Waals surface area contributed by atoms with Crippen LogP contribution in [0.25, 0.3) is 0 Å². The zero-order valence-corrected chi connectivity index (χ0v) is 17.1. The van der Waals surface area contributed by atoms with Crippen molar-refractivity contribution in [3.8, 4) is 0 Å². The number of aromatic nitrogens is 1. The van der Waals surface area contributed by atoms with Gasteiger partial charge in [0.25, 0.3) is 0 Å². The van der Waals surface area contributed by atoms with Crippen LogP contribution in [0, 0.1) is 6.92 Å². The lowest BCUT2D eigenvalue weighted by molar-refractivity contribution is -0.138. The summed E-state index contributed by atoms with van der Waals surface area (Å²) in [6.45, 7) is -0.243. The number of nitrogens with two attached hydrogens (primary N) is 2. The third-order valence-corrected chi connectivity index (χ3v) is 4.37. The maximum absolute atomic E-state index is 13.2. The predicted molar refractivity (Wildman–Crippen MR) is 103 cm³/mol. The minimum Gasteiger partial charge on any atom is -0.368 e. The molecular formula is C19H21F7N6. The van der Waals surface area contributed by atoms with Crippen LogP contribution in [0.15, 0.2) is 35.6 Å². The Labute approximate surface area is 179 Å². The molecule has 2 aromatic rings. The first-order chi connectivity index (χ1) is 14.7. The van der Waals surface area contributed by atoms with Crippen molar-refractivity contribution in [3.63, 3.8) is 0 Å². The van der Waals surface area contributed by atoms with Crippen LogP contribution < -0.4 is 11.6 Å². The summed E-state index contributed by atoms with van der Waals surface area (Å²) < 4.78 is 91.9. The van der Waals surface area contributed by atoms with Crippen LogP contribution in [0.5, 0.6) is 0 Å².